The third-order valence-corrected chi connectivity index (χ3v) is 3.14. The average Bonchev–Trinajstić information content (AvgIpc) is 2.39. The molecule has 0 unspecified atom stereocenters. The summed E-state index contributed by atoms with van der Waals surface area (Å²) < 4.78 is 0. The molecule has 0 spiro atoms. The number of nitrogens with one attached hydrogen (secondary N) is 1. The maximum Gasteiger partial charge on any atom is 0.0340 e. The van der Waals surface area contributed by atoms with Crippen molar-refractivity contribution in [2.45, 2.75) is 33.6 Å². The minimum absolute atomic E-state index is 1.05. The van der Waals surface area contributed by atoms with Crippen LogP contribution in [0.15, 0.2) is 24.3 Å². The van der Waals surface area contributed by atoms with Gasteiger partial charge in [-0.3, -0.25) is 0 Å². The number of nitrogens with zero attached hydrogens (tertiary/aromatic N) is 1. The first-order valence-corrected chi connectivity index (χ1v) is 6.85. The highest BCUT2D eigenvalue weighted by Crippen LogP contribution is 2.10. The molecule has 0 aliphatic rings. The zero-order valence-corrected chi connectivity index (χ0v) is 11.5. The lowest BCUT2D eigenvalue weighted by Gasteiger charge is -2.17. The normalized spacial score (nSPS) is 10.8. The predicted molar refractivity (Wildman–Crippen MR) is 76.7 cm³/mol. The van der Waals surface area contributed by atoms with Gasteiger partial charge in [-0.2, -0.15) is 0 Å². The highest BCUT2D eigenvalue weighted by Gasteiger charge is 2.00. The number of likely N-dealkylation sites (N-methyl/N-ethyl adjacent to an activating group) is 1. The molecule has 1 N–H and O–H groups in total. The standard InChI is InChI=1S/C15H26N2/c1-4-12-16-15-9-7-14(8-10-15)11-13-17(5-2)6-3/h7-10,16H,4-6,11-13H2,1-3H3. The van der Waals surface area contributed by atoms with E-state index in [0.717, 1.165) is 32.6 Å². The van der Waals surface area contributed by atoms with Crippen LogP contribution < -0.4 is 5.32 Å². The van der Waals surface area contributed by atoms with Crippen LogP contribution in [-0.2, 0) is 6.42 Å². The van der Waals surface area contributed by atoms with E-state index >= 15 is 0 Å². The topological polar surface area (TPSA) is 15.3 Å². The Morgan fingerprint density at radius 2 is 1.65 bits per heavy atom. The van der Waals surface area contributed by atoms with Crippen molar-refractivity contribution in [3.63, 3.8) is 0 Å². The van der Waals surface area contributed by atoms with E-state index in [1.807, 2.05) is 0 Å². The van der Waals surface area contributed by atoms with Crippen LogP contribution >= 0.6 is 0 Å². The Morgan fingerprint density at radius 3 is 2.18 bits per heavy atom. The Hall–Kier alpha value is -1.02. The molecule has 0 atom stereocenters. The summed E-state index contributed by atoms with van der Waals surface area (Å²) in [6.45, 7) is 11.1. The molecular weight excluding hydrogens is 208 g/mol. The predicted octanol–water partition coefficient (Wildman–Crippen LogP) is 3.39. The van der Waals surface area contributed by atoms with Gasteiger partial charge in [0.2, 0.25) is 0 Å². The molecule has 0 aliphatic carbocycles. The van der Waals surface area contributed by atoms with Crippen molar-refractivity contribution in [3.05, 3.63) is 29.8 Å². The summed E-state index contributed by atoms with van der Waals surface area (Å²) in [5, 5.41) is 3.40. The Kier molecular flexibility index (Phi) is 6.71. The number of hydrogen-bond donors (Lipinski definition) is 1. The first kappa shape index (κ1) is 14.0. The van der Waals surface area contributed by atoms with Gasteiger partial charge in [0, 0.05) is 18.8 Å². The van der Waals surface area contributed by atoms with Gasteiger partial charge in [-0.05, 0) is 43.6 Å². The molecule has 17 heavy (non-hydrogen) atoms. The van der Waals surface area contributed by atoms with Crippen LogP contribution in [0.4, 0.5) is 5.69 Å². The van der Waals surface area contributed by atoms with E-state index in [4.69, 9.17) is 0 Å². The molecule has 2 heteroatoms. The highest BCUT2D eigenvalue weighted by atomic mass is 15.1. The lowest BCUT2D eigenvalue weighted by atomic mass is 10.1. The van der Waals surface area contributed by atoms with Gasteiger partial charge in [0.05, 0.1) is 0 Å². The zero-order valence-electron chi connectivity index (χ0n) is 11.5. The maximum absolute atomic E-state index is 3.40. The van der Waals surface area contributed by atoms with Gasteiger partial charge in [0.1, 0.15) is 0 Å². The van der Waals surface area contributed by atoms with Crippen LogP contribution in [0.2, 0.25) is 0 Å². The molecule has 2 nitrogen and oxygen atoms in total. The number of hydrogen-bond acceptors (Lipinski definition) is 2. The van der Waals surface area contributed by atoms with Gasteiger partial charge in [0.15, 0.2) is 0 Å². The summed E-state index contributed by atoms with van der Waals surface area (Å²) in [6, 6.07) is 8.85. The molecular formula is C15H26N2. The smallest absolute Gasteiger partial charge is 0.0340 e. The fourth-order valence-electron chi connectivity index (χ4n) is 1.89. The molecule has 96 valence electrons. The fourth-order valence-corrected chi connectivity index (χ4v) is 1.89. The first-order chi connectivity index (χ1) is 8.30. The average molecular weight is 234 g/mol. The van der Waals surface area contributed by atoms with Crippen molar-refractivity contribution < 1.29 is 0 Å². The summed E-state index contributed by atoms with van der Waals surface area (Å²) in [7, 11) is 0. The Bertz CT molecular complexity index is 288. The van der Waals surface area contributed by atoms with Crippen LogP contribution in [0.1, 0.15) is 32.8 Å². The monoisotopic (exact) mass is 234 g/mol. The minimum atomic E-state index is 1.05. The lowest BCUT2D eigenvalue weighted by molar-refractivity contribution is 0.308. The van der Waals surface area contributed by atoms with Crippen LogP contribution in [0, 0.1) is 0 Å². The van der Waals surface area contributed by atoms with Gasteiger partial charge >= 0.3 is 0 Å². The molecule has 0 amide bonds. The van der Waals surface area contributed by atoms with E-state index < -0.39 is 0 Å². The second-order valence-electron chi connectivity index (χ2n) is 4.40. The number of anilines is 1. The third kappa shape index (κ3) is 5.22. The summed E-state index contributed by atoms with van der Waals surface area (Å²) >= 11 is 0. The Morgan fingerprint density at radius 1 is 1.00 bits per heavy atom. The Labute approximate surface area is 106 Å². The van der Waals surface area contributed by atoms with Crippen LogP contribution in [0.3, 0.4) is 0 Å². The number of benzene rings is 1. The van der Waals surface area contributed by atoms with Crippen molar-refractivity contribution in [2.24, 2.45) is 0 Å². The van der Waals surface area contributed by atoms with Crippen LogP contribution in [0.25, 0.3) is 0 Å². The summed E-state index contributed by atoms with van der Waals surface area (Å²) in [5.41, 5.74) is 2.66. The van der Waals surface area contributed by atoms with Crippen molar-refractivity contribution in [1.82, 2.24) is 4.90 Å². The largest absolute Gasteiger partial charge is 0.385 e. The SMILES string of the molecule is CCCNc1ccc(CCN(CC)CC)cc1. The molecule has 0 bridgehead atoms. The Balaban J connectivity index is 2.39. The van der Waals surface area contributed by atoms with Gasteiger partial charge in [-0.1, -0.05) is 32.9 Å². The van der Waals surface area contributed by atoms with E-state index in [0.29, 0.717) is 0 Å². The van der Waals surface area contributed by atoms with Gasteiger partial charge in [0.25, 0.3) is 0 Å². The fraction of sp³-hybridized carbons (Fsp3) is 0.600. The quantitative estimate of drug-likeness (QED) is 0.741. The zero-order chi connectivity index (χ0) is 12.5. The third-order valence-electron chi connectivity index (χ3n) is 3.14. The molecule has 0 heterocycles. The van der Waals surface area contributed by atoms with Gasteiger partial charge in [-0.15, -0.1) is 0 Å². The molecule has 0 saturated heterocycles. The number of rotatable bonds is 8. The lowest BCUT2D eigenvalue weighted by Crippen LogP contribution is -2.25. The van der Waals surface area contributed by atoms with Crippen LogP contribution in [0.5, 0.6) is 0 Å². The molecule has 0 saturated carbocycles. The van der Waals surface area contributed by atoms with E-state index in [2.05, 4.69) is 55.3 Å². The van der Waals surface area contributed by atoms with Crippen molar-refractivity contribution in [2.75, 3.05) is 31.5 Å². The van der Waals surface area contributed by atoms with E-state index in [9.17, 15) is 0 Å². The highest BCUT2D eigenvalue weighted by molar-refractivity contribution is 5.44. The summed E-state index contributed by atoms with van der Waals surface area (Å²) in [5.74, 6) is 0. The second kappa shape index (κ2) is 8.13. The summed E-state index contributed by atoms with van der Waals surface area (Å²) in [4.78, 5) is 2.46. The molecule has 1 aromatic rings. The summed E-state index contributed by atoms with van der Waals surface area (Å²) in [6.07, 6.45) is 2.32. The first-order valence-electron chi connectivity index (χ1n) is 6.85. The molecule has 0 radical (unpaired) electrons. The molecule has 1 aromatic carbocycles. The van der Waals surface area contributed by atoms with E-state index in [1.54, 1.807) is 0 Å². The molecule has 0 aliphatic heterocycles. The van der Waals surface area contributed by atoms with Crippen molar-refractivity contribution in [3.8, 4) is 0 Å². The molecule has 1 rings (SSSR count). The minimum Gasteiger partial charge on any atom is -0.385 e. The van der Waals surface area contributed by atoms with Crippen molar-refractivity contribution >= 4 is 5.69 Å². The van der Waals surface area contributed by atoms with Gasteiger partial charge < -0.3 is 10.2 Å². The van der Waals surface area contributed by atoms with Crippen molar-refractivity contribution in [1.29, 1.82) is 0 Å². The van der Waals surface area contributed by atoms with Crippen LogP contribution in [-0.4, -0.2) is 31.1 Å². The van der Waals surface area contributed by atoms with E-state index in [1.165, 1.54) is 17.7 Å². The van der Waals surface area contributed by atoms with E-state index in [-0.39, 0.29) is 0 Å². The molecule has 0 fully saturated rings. The van der Waals surface area contributed by atoms with Gasteiger partial charge in [-0.25, -0.2) is 0 Å². The maximum atomic E-state index is 3.40. The molecule has 0 aromatic heterocycles. The second-order valence-corrected chi connectivity index (χ2v) is 4.40.